The van der Waals surface area contributed by atoms with E-state index in [4.69, 9.17) is 17.3 Å². The molecule has 4 rings (SSSR count). The molecule has 0 spiro atoms. The second-order valence-corrected chi connectivity index (χ2v) is 6.03. The molecule has 0 aliphatic carbocycles. The number of benzene rings is 1. The van der Waals surface area contributed by atoms with Crippen LogP contribution < -0.4 is 5.73 Å². The minimum atomic E-state index is -0.217. The van der Waals surface area contributed by atoms with Crippen molar-refractivity contribution < 1.29 is 4.79 Å². The molecule has 0 saturated carbocycles. The van der Waals surface area contributed by atoms with Crippen LogP contribution in [0.2, 0.25) is 5.02 Å². The van der Waals surface area contributed by atoms with Crippen LogP contribution in [0.1, 0.15) is 21.9 Å². The third-order valence-electron chi connectivity index (χ3n) is 4.11. The van der Waals surface area contributed by atoms with Gasteiger partial charge in [-0.25, -0.2) is 4.98 Å². The minimum Gasteiger partial charge on any atom is -0.381 e. The first-order valence-electron chi connectivity index (χ1n) is 7.55. The lowest BCUT2D eigenvalue weighted by molar-refractivity contribution is 0.0726. The van der Waals surface area contributed by atoms with E-state index >= 15 is 0 Å². The van der Waals surface area contributed by atoms with E-state index in [1.165, 1.54) is 0 Å². The van der Waals surface area contributed by atoms with E-state index in [1.54, 1.807) is 4.90 Å². The standard InChI is InChI=1S/C16H15ClN6O/c17-12-13(21-22-14(12)18)16(24)23-7-6-10-11(8-23)20-15(19-10)9-4-2-1-3-5-9/h1-5H,6-8H2,(H,19,20)(H3,18,21,22). The predicted molar refractivity (Wildman–Crippen MR) is 90.5 cm³/mol. The number of amides is 1. The molecule has 122 valence electrons. The van der Waals surface area contributed by atoms with E-state index in [-0.39, 0.29) is 22.4 Å². The summed E-state index contributed by atoms with van der Waals surface area (Å²) in [5.74, 6) is 0.732. The number of imidazole rings is 1. The third kappa shape index (κ3) is 2.43. The number of aromatic nitrogens is 4. The summed E-state index contributed by atoms with van der Waals surface area (Å²) in [4.78, 5) is 22.3. The number of halogens is 1. The molecule has 0 radical (unpaired) electrons. The average molecular weight is 343 g/mol. The lowest BCUT2D eigenvalue weighted by atomic mass is 10.1. The Labute approximate surface area is 142 Å². The van der Waals surface area contributed by atoms with E-state index < -0.39 is 0 Å². The molecule has 1 aliphatic rings. The fourth-order valence-electron chi connectivity index (χ4n) is 2.84. The first-order chi connectivity index (χ1) is 11.6. The van der Waals surface area contributed by atoms with Crippen LogP contribution in [0.15, 0.2) is 30.3 Å². The molecule has 0 unspecified atom stereocenters. The Morgan fingerprint density at radius 1 is 1.29 bits per heavy atom. The molecule has 3 heterocycles. The number of carbonyl (C=O) groups excluding carboxylic acids is 1. The molecule has 1 aliphatic heterocycles. The molecule has 7 nitrogen and oxygen atoms in total. The Balaban J connectivity index is 1.59. The van der Waals surface area contributed by atoms with Crippen molar-refractivity contribution in [2.24, 2.45) is 0 Å². The molecule has 8 heteroatoms. The van der Waals surface area contributed by atoms with Gasteiger partial charge >= 0.3 is 0 Å². The zero-order chi connectivity index (χ0) is 16.7. The maximum absolute atomic E-state index is 12.6. The smallest absolute Gasteiger partial charge is 0.273 e. The van der Waals surface area contributed by atoms with Crippen LogP contribution in [-0.4, -0.2) is 37.5 Å². The lowest BCUT2D eigenvalue weighted by Gasteiger charge is -2.25. The molecule has 0 saturated heterocycles. The first kappa shape index (κ1) is 14.8. The second kappa shape index (κ2) is 5.68. The molecule has 1 aromatic carbocycles. The monoisotopic (exact) mass is 342 g/mol. The zero-order valence-corrected chi connectivity index (χ0v) is 13.5. The lowest BCUT2D eigenvalue weighted by Crippen LogP contribution is -2.36. The van der Waals surface area contributed by atoms with Gasteiger partial charge in [0.05, 0.1) is 17.9 Å². The summed E-state index contributed by atoms with van der Waals surface area (Å²) in [6.45, 7) is 1.02. The highest BCUT2D eigenvalue weighted by Gasteiger charge is 2.27. The largest absolute Gasteiger partial charge is 0.381 e. The number of H-pyrrole nitrogens is 2. The molecule has 1 amide bonds. The number of hydrogen-bond acceptors (Lipinski definition) is 4. The van der Waals surface area contributed by atoms with Gasteiger partial charge in [-0.05, 0) is 0 Å². The SMILES string of the molecule is Nc1n[nH]c(C(=O)N2CCc3nc(-c4ccccc4)[nH]c3C2)c1Cl. The Hall–Kier alpha value is -2.80. The number of hydrogen-bond donors (Lipinski definition) is 3. The molecule has 2 aromatic heterocycles. The van der Waals surface area contributed by atoms with Gasteiger partial charge in [-0.15, -0.1) is 0 Å². The Bertz CT molecular complexity index is 901. The van der Waals surface area contributed by atoms with Gasteiger partial charge in [-0.3, -0.25) is 9.89 Å². The number of nitrogen functional groups attached to an aromatic ring is 1. The highest BCUT2D eigenvalue weighted by molar-refractivity contribution is 6.35. The topological polar surface area (TPSA) is 104 Å². The van der Waals surface area contributed by atoms with Crippen molar-refractivity contribution in [3.63, 3.8) is 0 Å². The molecule has 24 heavy (non-hydrogen) atoms. The summed E-state index contributed by atoms with van der Waals surface area (Å²) >= 11 is 6.02. The predicted octanol–water partition coefficient (Wildman–Crippen LogP) is 2.23. The van der Waals surface area contributed by atoms with E-state index in [2.05, 4.69) is 20.2 Å². The van der Waals surface area contributed by atoms with E-state index in [0.717, 1.165) is 22.8 Å². The van der Waals surface area contributed by atoms with Crippen molar-refractivity contribution in [3.05, 3.63) is 52.4 Å². The van der Waals surface area contributed by atoms with Crippen LogP contribution in [0, 0.1) is 0 Å². The number of nitrogens with two attached hydrogens (primary N) is 1. The van der Waals surface area contributed by atoms with Gasteiger partial charge in [0.25, 0.3) is 5.91 Å². The summed E-state index contributed by atoms with van der Waals surface area (Å²) < 4.78 is 0. The van der Waals surface area contributed by atoms with Crippen LogP contribution in [0.4, 0.5) is 5.82 Å². The van der Waals surface area contributed by atoms with Crippen molar-refractivity contribution in [1.82, 2.24) is 25.1 Å². The van der Waals surface area contributed by atoms with Crippen LogP contribution in [0.5, 0.6) is 0 Å². The van der Waals surface area contributed by atoms with Crippen molar-refractivity contribution in [2.75, 3.05) is 12.3 Å². The van der Waals surface area contributed by atoms with Crippen LogP contribution >= 0.6 is 11.6 Å². The Kier molecular flexibility index (Phi) is 3.50. The number of carbonyl (C=O) groups is 1. The number of nitrogens with one attached hydrogen (secondary N) is 2. The van der Waals surface area contributed by atoms with Crippen molar-refractivity contribution in [1.29, 1.82) is 0 Å². The number of rotatable bonds is 2. The second-order valence-electron chi connectivity index (χ2n) is 5.65. The highest BCUT2D eigenvalue weighted by Crippen LogP contribution is 2.26. The fourth-order valence-corrected chi connectivity index (χ4v) is 3.01. The Morgan fingerprint density at radius 3 is 2.79 bits per heavy atom. The summed E-state index contributed by atoms with van der Waals surface area (Å²) in [6, 6.07) is 9.90. The van der Waals surface area contributed by atoms with Gasteiger partial charge in [-0.1, -0.05) is 41.9 Å². The number of fused-ring (bicyclic) bond motifs is 1. The molecular formula is C16H15ClN6O. The fraction of sp³-hybridized carbons (Fsp3) is 0.188. The summed E-state index contributed by atoms with van der Waals surface area (Å²) in [7, 11) is 0. The molecule has 0 bridgehead atoms. The van der Waals surface area contributed by atoms with Crippen LogP contribution in [-0.2, 0) is 13.0 Å². The maximum atomic E-state index is 12.6. The summed E-state index contributed by atoms with van der Waals surface area (Å²) in [5, 5.41) is 6.54. The molecular weight excluding hydrogens is 328 g/mol. The molecule has 4 N–H and O–H groups in total. The van der Waals surface area contributed by atoms with Gasteiger partial charge in [0.15, 0.2) is 5.82 Å². The van der Waals surface area contributed by atoms with Gasteiger partial charge < -0.3 is 15.6 Å². The highest BCUT2D eigenvalue weighted by atomic mass is 35.5. The Morgan fingerprint density at radius 2 is 2.08 bits per heavy atom. The van der Waals surface area contributed by atoms with Crippen LogP contribution in [0.3, 0.4) is 0 Å². The van der Waals surface area contributed by atoms with E-state index in [9.17, 15) is 4.79 Å². The van der Waals surface area contributed by atoms with Gasteiger partial charge in [-0.2, -0.15) is 5.10 Å². The number of aromatic amines is 2. The minimum absolute atomic E-state index is 0.130. The van der Waals surface area contributed by atoms with E-state index in [0.29, 0.717) is 19.5 Å². The van der Waals surface area contributed by atoms with Crippen LogP contribution in [0.25, 0.3) is 11.4 Å². The molecule has 0 atom stereocenters. The van der Waals surface area contributed by atoms with Gasteiger partial charge in [0.2, 0.25) is 0 Å². The van der Waals surface area contributed by atoms with E-state index in [1.807, 2.05) is 30.3 Å². The van der Waals surface area contributed by atoms with Crippen molar-refractivity contribution in [3.8, 4) is 11.4 Å². The average Bonchev–Trinajstić information content (AvgIpc) is 3.18. The maximum Gasteiger partial charge on any atom is 0.273 e. The normalized spacial score (nSPS) is 13.8. The summed E-state index contributed by atoms with van der Waals surface area (Å²) in [5.41, 5.74) is 8.77. The zero-order valence-electron chi connectivity index (χ0n) is 12.7. The van der Waals surface area contributed by atoms with Crippen molar-refractivity contribution >= 4 is 23.3 Å². The quantitative estimate of drug-likeness (QED) is 0.664. The number of nitrogens with zero attached hydrogens (tertiary/aromatic N) is 3. The van der Waals surface area contributed by atoms with Gasteiger partial charge in [0, 0.05) is 18.5 Å². The van der Waals surface area contributed by atoms with Crippen molar-refractivity contribution in [2.45, 2.75) is 13.0 Å². The summed E-state index contributed by atoms with van der Waals surface area (Å²) in [6.07, 6.45) is 0.686. The number of anilines is 1. The molecule has 3 aromatic rings. The van der Waals surface area contributed by atoms with Gasteiger partial charge in [0.1, 0.15) is 16.5 Å². The molecule has 0 fully saturated rings. The first-order valence-corrected chi connectivity index (χ1v) is 7.93. The third-order valence-corrected chi connectivity index (χ3v) is 4.50.